The first-order chi connectivity index (χ1) is 35.4. The summed E-state index contributed by atoms with van der Waals surface area (Å²) in [7, 11) is 1.75. The molecule has 0 aromatic rings. The van der Waals surface area contributed by atoms with Crippen molar-refractivity contribution in [2.75, 3.05) is 26.9 Å². The zero-order valence-electron chi connectivity index (χ0n) is 43.9. The summed E-state index contributed by atoms with van der Waals surface area (Å²) in [5.41, 5.74) is 0.0575. The summed E-state index contributed by atoms with van der Waals surface area (Å²) in [6.07, 6.45) is -21.9. The number of hydrogen-bond donors (Lipinski definition) is 12. The van der Waals surface area contributed by atoms with Gasteiger partial charge in [0.05, 0.1) is 55.9 Å². The fourth-order valence-electron chi connectivity index (χ4n) is 15.8. The normalized spacial score (nSPS) is 57.8. The Bertz CT molecular complexity index is 2020. The highest BCUT2D eigenvalue weighted by atomic mass is 16.8. The number of ether oxygens (including phenoxy) is 11. The maximum atomic E-state index is 12.1. The summed E-state index contributed by atoms with van der Waals surface area (Å²) in [6, 6.07) is 0. The van der Waals surface area contributed by atoms with E-state index < -0.39 is 154 Å². The quantitative estimate of drug-likeness (QED) is 0.0924. The molecule has 9 fully saturated rings. The predicted octanol–water partition coefficient (Wildman–Crippen LogP) is -2.19. The highest BCUT2D eigenvalue weighted by Crippen LogP contribution is 2.71. The lowest BCUT2D eigenvalue weighted by Gasteiger charge is -2.60. The maximum absolute atomic E-state index is 12.1. The molecule has 0 aromatic heterocycles. The number of methoxy groups -OCH3 is 1. The molecule has 75 heavy (non-hydrogen) atoms. The van der Waals surface area contributed by atoms with E-state index in [-0.39, 0.29) is 59.2 Å². The average Bonchev–Trinajstić information content (AvgIpc) is 4.01. The minimum atomic E-state index is -1.76. The molecular weight excluding hydrogens is 993 g/mol. The molecule has 32 atom stereocenters. The van der Waals surface area contributed by atoms with Crippen molar-refractivity contribution < 1.29 is 113 Å². The van der Waals surface area contributed by atoms with Gasteiger partial charge >= 0.3 is 0 Å². The van der Waals surface area contributed by atoms with Crippen LogP contribution < -0.4 is 0 Å². The van der Waals surface area contributed by atoms with Crippen LogP contribution in [0.1, 0.15) is 92.9 Å². The summed E-state index contributed by atoms with van der Waals surface area (Å²) in [5.74, 6) is 0.117. The van der Waals surface area contributed by atoms with Crippen molar-refractivity contribution in [1.29, 1.82) is 0 Å². The summed E-state index contributed by atoms with van der Waals surface area (Å²) in [6.45, 7) is 10.6. The summed E-state index contributed by atoms with van der Waals surface area (Å²) < 4.78 is 68.8. The number of aliphatic hydroxyl groups is 12. The maximum Gasteiger partial charge on any atom is 0.187 e. The molecule has 430 valence electrons. The monoisotopic (exact) mass is 1080 g/mol. The second-order valence-corrected chi connectivity index (χ2v) is 24.5. The van der Waals surface area contributed by atoms with E-state index in [0.717, 1.165) is 25.7 Å². The van der Waals surface area contributed by atoms with E-state index in [1.807, 2.05) is 6.92 Å². The van der Waals surface area contributed by atoms with Crippen molar-refractivity contribution in [2.45, 2.75) is 245 Å². The number of aliphatic hydroxyl groups excluding tert-OH is 12. The van der Waals surface area contributed by atoms with Crippen LogP contribution in [-0.4, -0.2) is 241 Å². The zero-order chi connectivity index (χ0) is 54.0. The number of fused-ring (bicyclic) bond motifs is 7. The first-order valence-electron chi connectivity index (χ1n) is 27.3. The molecule has 6 aliphatic heterocycles. The molecule has 0 bridgehead atoms. The van der Waals surface area contributed by atoms with Crippen LogP contribution in [0, 0.1) is 40.4 Å². The summed E-state index contributed by atoms with van der Waals surface area (Å²) in [4.78, 5) is 0. The van der Waals surface area contributed by atoms with E-state index in [4.69, 9.17) is 52.1 Å². The SMILES string of the molecule is CO[C@H]1C=C2C[C@@H](O[C@@H]3O[C@H](CO)[C@@H](O[C@@H]4O[C@@H](C)[C@H](O)[C@@H](O)[C@H]4O)[C@H](O)[C@H]3O[C@@H]3O[C@@H](C)[C@H](O)[C@@H](O)[C@H]3O)CC[C@]2(C)[C@H]2CC[C@]3(C)[C@@H]4[C@H](C[C@H]3[C@H]12)O[C@]1(CC[C@@](C)(CO[C@@H]2O[C@H](CO)[C@@H](O)[C@H](O)[C@H]2O)O1)[C@H]4C. The fourth-order valence-corrected chi connectivity index (χ4v) is 15.8. The van der Waals surface area contributed by atoms with Gasteiger partial charge in [-0.3, -0.25) is 0 Å². The predicted molar refractivity (Wildman–Crippen MR) is 253 cm³/mol. The van der Waals surface area contributed by atoms with Gasteiger partial charge in [0.15, 0.2) is 30.9 Å². The lowest BCUT2D eigenvalue weighted by molar-refractivity contribution is -0.388. The van der Waals surface area contributed by atoms with Crippen molar-refractivity contribution in [1.82, 2.24) is 0 Å². The van der Waals surface area contributed by atoms with Crippen molar-refractivity contribution >= 4 is 0 Å². The van der Waals surface area contributed by atoms with Gasteiger partial charge in [-0.1, -0.05) is 32.4 Å². The second kappa shape index (κ2) is 21.3. The second-order valence-electron chi connectivity index (χ2n) is 24.5. The Balaban J connectivity index is 0.834. The molecule has 6 saturated heterocycles. The van der Waals surface area contributed by atoms with Crippen molar-refractivity contribution in [3.05, 3.63) is 11.6 Å². The Hall–Kier alpha value is -1.18. The Morgan fingerprint density at radius 2 is 1.20 bits per heavy atom. The molecule has 0 amide bonds. The van der Waals surface area contributed by atoms with E-state index in [1.165, 1.54) is 19.4 Å². The Morgan fingerprint density at radius 3 is 1.83 bits per heavy atom. The average molecular weight is 1080 g/mol. The fraction of sp³-hybridized carbons (Fsp3) is 0.962. The van der Waals surface area contributed by atoms with Crippen molar-refractivity contribution in [3.8, 4) is 0 Å². The van der Waals surface area contributed by atoms with Crippen LogP contribution in [0.25, 0.3) is 0 Å². The van der Waals surface area contributed by atoms with Crippen LogP contribution in [-0.2, 0) is 52.1 Å². The van der Waals surface area contributed by atoms with Crippen molar-refractivity contribution in [2.24, 2.45) is 40.4 Å². The minimum absolute atomic E-state index is 0.0281. The molecule has 3 saturated carbocycles. The number of rotatable bonds is 12. The summed E-state index contributed by atoms with van der Waals surface area (Å²) >= 11 is 0. The Labute approximate surface area is 436 Å². The lowest BCUT2D eigenvalue weighted by atomic mass is 9.46. The smallest absolute Gasteiger partial charge is 0.187 e. The molecule has 10 aliphatic rings. The summed E-state index contributed by atoms with van der Waals surface area (Å²) in [5, 5.41) is 127. The van der Waals surface area contributed by atoms with Crippen LogP contribution >= 0.6 is 0 Å². The van der Waals surface area contributed by atoms with E-state index in [9.17, 15) is 61.3 Å². The van der Waals surface area contributed by atoms with Crippen LogP contribution in [0.5, 0.6) is 0 Å². The van der Waals surface area contributed by atoms with Gasteiger partial charge in [-0.25, -0.2) is 0 Å². The zero-order valence-corrected chi connectivity index (χ0v) is 43.9. The molecule has 0 radical (unpaired) electrons. The van der Waals surface area contributed by atoms with Crippen LogP contribution in [0.4, 0.5) is 0 Å². The first-order valence-corrected chi connectivity index (χ1v) is 27.3. The topological polar surface area (TPSA) is 344 Å². The number of hydrogen-bond acceptors (Lipinski definition) is 23. The largest absolute Gasteiger partial charge is 0.394 e. The van der Waals surface area contributed by atoms with E-state index >= 15 is 0 Å². The third-order valence-corrected chi connectivity index (χ3v) is 20.1. The Kier molecular flexibility index (Phi) is 16.2. The standard InChI is InChI=1S/C52H84O23/c1-20-32-28(74-52(20)13-12-49(4,75-52)19-66-45-39(61)38(60)35(57)29(17-53)70-45)16-26-31-25(9-11-51(26,32)6)50(5)10-8-24(14-23(50)15-27(31)65-7)69-48-44(73-47-41(63)37(59)34(56)22(3)68-47)42(64)43(30(18-54)71-48)72-46-40(62)36(58)33(55)21(2)67-46/h15,20-22,24-48,53-64H,8-14,16-19H2,1-7H3/t20-,21-,22-,24-,25-,26-,27-,28-,29+,30+,31+,32-,33-,34-,35+,36+,37+,38-,39+,40+,41+,42-,43+,44+,45+,46-,47-,48+,49-,50-,51-,52-/m0/s1. The van der Waals surface area contributed by atoms with Gasteiger partial charge in [-0.15, -0.1) is 0 Å². The van der Waals surface area contributed by atoms with Gasteiger partial charge in [0.2, 0.25) is 0 Å². The highest BCUT2D eigenvalue weighted by molar-refractivity contribution is 5.29. The molecule has 0 unspecified atom stereocenters. The highest BCUT2D eigenvalue weighted by Gasteiger charge is 2.71. The van der Waals surface area contributed by atoms with Gasteiger partial charge in [0.1, 0.15) is 85.5 Å². The molecule has 12 N–H and O–H groups in total. The van der Waals surface area contributed by atoms with Gasteiger partial charge < -0.3 is 113 Å². The first kappa shape index (κ1) is 57.1. The van der Waals surface area contributed by atoms with Crippen LogP contribution in [0.2, 0.25) is 0 Å². The van der Waals surface area contributed by atoms with E-state index in [2.05, 4.69) is 26.8 Å². The third-order valence-electron chi connectivity index (χ3n) is 20.1. The molecular formula is C52H84O23. The molecule has 0 aromatic carbocycles. The molecule has 4 aliphatic carbocycles. The molecule has 23 nitrogen and oxygen atoms in total. The molecule has 1 spiro atoms. The van der Waals surface area contributed by atoms with E-state index in [0.29, 0.717) is 25.7 Å². The van der Waals surface area contributed by atoms with Gasteiger partial charge in [-0.2, -0.15) is 0 Å². The minimum Gasteiger partial charge on any atom is -0.394 e. The third kappa shape index (κ3) is 9.62. The van der Waals surface area contributed by atoms with Gasteiger partial charge in [-0.05, 0) is 100 Å². The van der Waals surface area contributed by atoms with Gasteiger partial charge in [0, 0.05) is 19.4 Å². The lowest BCUT2D eigenvalue weighted by Crippen LogP contribution is -2.66. The molecule has 23 heteroatoms. The van der Waals surface area contributed by atoms with Crippen molar-refractivity contribution in [3.63, 3.8) is 0 Å². The molecule has 10 rings (SSSR count). The van der Waals surface area contributed by atoms with Crippen LogP contribution in [0.3, 0.4) is 0 Å². The molecule has 6 heterocycles. The van der Waals surface area contributed by atoms with Crippen LogP contribution in [0.15, 0.2) is 11.6 Å². The van der Waals surface area contributed by atoms with Gasteiger partial charge in [0.25, 0.3) is 0 Å². The Morgan fingerprint density at radius 1 is 0.600 bits per heavy atom. The van der Waals surface area contributed by atoms with E-state index in [1.54, 1.807) is 7.11 Å².